The minimum atomic E-state index is 0.608. The highest BCUT2D eigenvalue weighted by Gasteiger charge is 2.02. The number of hydrogen-bond acceptors (Lipinski definition) is 1. The maximum Gasteiger partial charge on any atom is 0.00418 e. The average Bonchev–Trinajstić information content (AvgIpc) is 2.42. The molecule has 1 N–H and O–H groups in total. The van der Waals surface area contributed by atoms with E-state index in [0.29, 0.717) is 6.04 Å². The number of fused-ring (bicyclic) bond motifs is 1. The van der Waals surface area contributed by atoms with Gasteiger partial charge in [-0.3, -0.25) is 0 Å². The molecule has 1 atom stereocenters. The van der Waals surface area contributed by atoms with Gasteiger partial charge in [0.1, 0.15) is 0 Å². The number of benzene rings is 2. The molecule has 0 saturated heterocycles. The van der Waals surface area contributed by atoms with Crippen LogP contribution in [0, 0.1) is 0 Å². The summed E-state index contributed by atoms with van der Waals surface area (Å²) < 4.78 is 0. The van der Waals surface area contributed by atoms with Gasteiger partial charge in [0.15, 0.2) is 0 Å². The lowest BCUT2D eigenvalue weighted by atomic mass is 10.0. The molecule has 0 spiro atoms. The molecular weight excluding hydrogens is 218 g/mol. The third kappa shape index (κ3) is 3.58. The summed E-state index contributed by atoms with van der Waals surface area (Å²) in [6, 6.07) is 16.0. The van der Waals surface area contributed by atoms with Crippen molar-refractivity contribution in [2.45, 2.75) is 39.2 Å². The van der Waals surface area contributed by atoms with Crippen molar-refractivity contribution in [2.24, 2.45) is 0 Å². The molecule has 0 heterocycles. The second kappa shape index (κ2) is 6.55. The Balaban J connectivity index is 1.95. The van der Waals surface area contributed by atoms with E-state index in [0.717, 1.165) is 13.0 Å². The van der Waals surface area contributed by atoms with Gasteiger partial charge in [-0.1, -0.05) is 49.4 Å². The largest absolute Gasteiger partial charge is 0.314 e. The van der Waals surface area contributed by atoms with Crippen LogP contribution >= 0.6 is 0 Å². The van der Waals surface area contributed by atoms with Gasteiger partial charge in [-0.25, -0.2) is 0 Å². The zero-order valence-electron chi connectivity index (χ0n) is 11.4. The van der Waals surface area contributed by atoms with Crippen LogP contribution in [0.2, 0.25) is 0 Å². The topological polar surface area (TPSA) is 12.0 Å². The molecule has 1 heteroatoms. The molecule has 1 nitrogen and oxygen atoms in total. The number of nitrogens with one attached hydrogen (secondary N) is 1. The molecule has 0 aliphatic carbocycles. The highest BCUT2D eigenvalue weighted by atomic mass is 14.9. The van der Waals surface area contributed by atoms with Gasteiger partial charge in [0.05, 0.1) is 0 Å². The quantitative estimate of drug-likeness (QED) is 0.800. The maximum absolute atomic E-state index is 3.54. The standard InChI is InChI=1S/C17H23N/c1-3-12-18-14(2)8-9-15-10-11-16-6-4-5-7-17(16)13-15/h4-7,10-11,13-14,18H,3,8-9,12H2,1-2H3. The van der Waals surface area contributed by atoms with Crippen LogP contribution < -0.4 is 5.32 Å². The van der Waals surface area contributed by atoms with E-state index >= 15 is 0 Å². The normalized spacial score (nSPS) is 12.8. The molecule has 2 aromatic carbocycles. The Morgan fingerprint density at radius 1 is 1.06 bits per heavy atom. The zero-order valence-corrected chi connectivity index (χ0v) is 11.4. The van der Waals surface area contributed by atoms with Crippen molar-refractivity contribution in [3.05, 3.63) is 48.0 Å². The van der Waals surface area contributed by atoms with Crippen LogP contribution in [0.3, 0.4) is 0 Å². The van der Waals surface area contributed by atoms with Crippen LogP contribution in [0.25, 0.3) is 10.8 Å². The molecule has 2 rings (SSSR count). The minimum Gasteiger partial charge on any atom is -0.314 e. The number of aryl methyl sites for hydroxylation is 1. The Hall–Kier alpha value is -1.34. The van der Waals surface area contributed by atoms with Gasteiger partial charge in [0.2, 0.25) is 0 Å². The molecule has 1 unspecified atom stereocenters. The minimum absolute atomic E-state index is 0.608. The summed E-state index contributed by atoms with van der Waals surface area (Å²) in [4.78, 5) is 0. The van der Waals surface area contributed by atoms with E-state index in [1.54, 1.807) is 0 Å². The van der Waals surface area contributed by atoms with Crippen LogP contribution in [-0.2, 0) is 6.42 Å². The SMILES string of the molecule is CCCNC(C)CCc1ccc2ccccc2c1. The molecule has 0 aliphatic rings. The van der Waals surface area contributed by atoms with Crippen molar-refractivity contribution in [3.8, 4) is 0 Å². The summed E-state index contributed by atoms with van der Waals surface area (Å²) >= 11 is 0. The van der Waals surface area contributed by atoms with Crippen molar-refractivity contribution in [2.75, 3.05) is 6.54 Å². The van der Waals surface area contributed by atoms with Crippen LogP contribution in [0.5, 0.6) is 0 Å². The molecule has 0 radical (unpaired) electrons. The number of rotatable bonds is 6. The fourth-order valence-electron chi connectivity index (χ4n) is 2.27. The van der Waals surface area contributed by atoms with Gasteiger partial charge in [-0.2, -0.15) is 0 Å². The Labute approximate surface area is 110 Å². The van der Waals surface area contributed by atoms with Crippen molar-refractivity contribution < 1.29 is 0 Å². The average molecular weight is 241 g/mol. The maximum atomic E-state index is 3.54. The first-order valence-electron chi connectivity index (χ1n) is 7.00. The van der Waals surface area contributed by atoms with E-state index in [1.165, 1.54) is 29.2 Å². The molecular formula is C17H23N. The second-order valence-electron chi connectivity index (χ2n) is 5.08. The Morgan fingerprint density at radius 3 is 2.61 bits per heavy atom. The first-order chi connectivity index (χ1) is 8.79. The zero-order chi connectivity index (χ0) is 12.8. The summed E-state index contributed by atoms with van der Waals surface area (Å²) in [6.07, 6.45) is 3.57. The summed E-state index contributed by atoms with van der Waals surface area (Å²) in [5.74, 6) is 0. The molecule has 96 valence electrons. The third-order valence-electron chi connectivity index (χ3n) is 3.42. The first kappa shape index (κ1) is 13.1. The lowest BCUT2D eigenvalue weighted by Gasteiger charge is -2.13. The van der Waals surface area contributed by atoms with Crippen LogP contribution in [0.1, 0.15) is 32.3 Å². The van der Waals surface area contributed by atoms with Gasteiger partial charge in [0.25, 0.3) is 0 Å². The van der Waals surface area contributed by atoms with Crippen LogP contribution in [0.4, 0.5) is 0 Å². The van der Waals surface area contributed by atoms with Crippen molar-refractivity contribution in [1.29, 1.82) is 0 Å². The molecule has 0 aromatic heterocycles. The Bertz CT molecular complexity index is 490. The smallest absolute Gasteiger partial charge is 0.00418 e. The molecule has 0 bridgehead atoms. The predicted octanol–water partition coefficient (Wildman–Crippen LogP) is 4.16. The molecule has 0 saturated carbocycles. The fraction of sp³-hybridized carbons (Fsp3) is 0.412. The number of hydrogen-bond donors (Lipinski definition) is 1. The summed E-state index contributed by atoms with van der Waals surface area (Å²) in [7, 11) is 0. The van der Waals surface area contributed by atoms with Gasteiger partial charge < -0.3 is 5.32 Å². The van der Waals surface area contributed by atoms with E-state index < -0.39 is 0 Å². The van der Waals surface area contributed by atoms with Gasteiger partial charge in [0, 0.05) is 6.04 Å². The van der Waals surface area contributed by atoms with E-state index in [2.05, 4.69) is 61.6 Å². The van der Waals surface area contributed by atoms with Crippen LogP contribution in [-0.4, -0.2) is 12.6 Å². The van der Waals surface area contributed by atoms with E-state index in [-0.39, 0.29) is 0 Å². The summed E-state index contributed by atoms with van der Waals surface area (Å²) in [6.45, 7) is 5.61. The first-order valence-corrected chi connectivity index (χ1v) is 7.00. The van der Waals surface area contributed by atoms with Crippen LogP contribution in [0.15, 0.2) is 42.5 Å². The monoisotopic (exact) mass is 241 g/mol. The van der Waals surface area contributed by atoms with Crippen molar-refractivity contribution in [1.82, 2.24) is 5.32 Å². The highest BCUT2D eigenvalue weighted by molar-refractivity contribution is 5.82. The van der Waals surface area contributed by atoms with Gasteiger partial charge in [-0.05, 0) is 49.1 Å². The molecule has 0 fully saturated rings. The van der Waals surface area contributed by atoms with Crippen molar-refractivity contribution in [3.63, 3.8) is 0 Å². The Kier molecular flexibility index (Phi) is 4.77. The molecule has 0 amide bonds. The molecule has 2 aromatic rings. The lowest BCUT2D eigenvalue weighted by molar-refractivity contribution is 0.514. The van der Waals surface area contributed by atoms with E-state index in [9.17, 15) is 0 Å². The molecule has 0 aliphatic heterocycles. The second-order valence-corrected chi connectivity index (χ2v) is 5.08. The fourth-order valence-corrected chi connectivity index (χ4v) is 2.27. The van der Waals surface area contributed by atoms with Gasteiger partial charge >= 0.3 is 0 Å². The lowest BCUT2D eigenvalue weighted by Crippen LogP contribution is -2.27. The summed E-state index contributed by atoms with van der Waals surface area (Å²) in [5, 5.41) is 6.22. The highest BCUT2D eigenvalue weighted by Crippen LogP contribution is 2.16. The predicted molar refractivity (Wildman–Crippen MR) is 80.0 cm³/mol. The van der Waals surface area contributed by atoms with Gasteiger partial charge in [-0.15, -0.1) is 0 Å². The molecule has 18 heavy (non-hydrogen) atoms. The van der Waals surface area contributed by atoms with E-state index in [1.807, 2.05) is 0 Å². The third-order valence-corrected chi connectivity index (χ3v) is 3.42. The Morgan fingerprint density at radius 2 is 1.83 bits per heavy atom. The van der Waals surface area contributed by atoms with Crippen molar-refractivity contribution >= 4 is 10.8 Å². The summed E-state index contributed by atoms with van der Waals surface area (Å²) in [5.41, 5.74) is 1.44. The van der Waals surface area contributed by atoms with E-state index in [4.69, 9.17) is 0 Å².